The van der Waals surface area contributed by atoms with Crippen molar-refractivity contribution >= 4 is 5.91 Å². The van der Waals surface area contributed by atoms with Gasteiger partial charge in [-0.2, -0.15) is 5.10 Å². The van der Waals surface area contributed by atoms with E-state index in [9.17, 15) is 9.90 Å². The van der Waals surface area contributed by atoms with Gasteiger partial charge in [-0.05, 0) is 24.8 Å². The highest BCUT2D eigenvalue weighted by Crippen LogP contribution is 2.30. The number of fused-ring (bicyclic) bond motifs is 1. The Morgan fingerprint density at radius 2 is 2.24 bits per heavy atom. The van der Waals surface area contributed by atoms with E-state index >= 15 is 0 Å². The van der Waals surface area contributed by atoms with Crippen LogP contribution in [0.1, 0.15) is 41.6 Å². The Bertz CT molecular complexity index is 609. The molecule has 2 aromatic rings. The summed E-state index contributed by atoms with van der Waals surface area (Å²) in [6, 6.07) is 9.17. The molecule has 1 aromatic heterocycles. The molecule has 0 bridgehead atoms. The molecule has 21 heavy (non-hydrogen) atoms. The van der Waals surface area contributed by atoms with E-state index in [0.29, 0.717) is 0 Å². The first kappa shape index (κ1) is 13.8. The highest BCUT2D eigenvalue weighted by Gasteiger charge is 2.29. The molecule has 5 nitrogen and oxygen atoms in total. The van der Waals surface area contributed by atoms with Crippen molar-refractivity contribution in [3.8, 4) is 0 Å². The second-order valence-electron chi connectivity index (χ2n) is 5.40. The first-order chi connectivity index (χ1) is 10.3. The van der Waals surface area contributed by atoms with Gasteiger partial charge in [-0.15, -0.1) is 0 Å². The number of aromatic amines is 1. The molecule has 1 aliphatic rings. The third kappa shape index (κ3) is 2.83. The van der Waals surface area contributed by atoms with Gasteiger partial charge in [-0.25, -0.2) is 0 Å². The second-order valence-corrected chi connectivity index (χ2v) is 5.40. The van der Waals surface area contributed by atoms with Crippen molar-refractivity contribution in [2.24, 2.45) is 0 Å². The van der Waals surface area contributed by atoms with E-state index in [1.165, 1.54) is 0 Å². The molecule has 0 saturated carbocycles. The molecule has 1 aliphatic carbocycles. The Morgan fingerprint density at radius 3 is 3.00 bits per heavy atom. The minimum Gasteiger partial charge on any atom is -0.394 e. The molecule has 1 aromatic carbocycles. The van der Waals surface area contributed by atoms with Crippen LogP contribution in [-0.2, 0) is 11.2 Å². The van der Waals surface area contributed by atoms with Gasteiger partial charge in [0.05, 0.1) is 24.8 Å². The summed E-state index contributed by atoms with van der Waals surface area (Å²) in [6.07, 6.45) is 4.49. The summed E-state index contributed by atoms with van der Waals surface area (Å²) >= 11 is 0. The third-order valence-corrected chi connectivity index (χ3v) is 4.06. The average Bonchev–Trinajstić information content (AvgIpc) is 3.01. The van der Waals surface area contributed by atoms with Crippen LogP contribution in [0.2, 0.25) is 0 Å². The number of carbonyl (C=O) groups excluding carboxylic acids is 1. The quantitative estimate of drug-likeness (QED) is 0.799. The number of carbonyl (C=O) groups is 1. The number of aromatic nitrogens is 2. The molecule has 2 atom stereocenters. The van der Waals surface area contributed by atoms with E-state index in [2.05, 4.69) is 15.5 Å². The number of aryl methyl sites for hydroxylation is 1. The summed E-state index contributed by atoms with van der Waals surface area (Å²) in [5, 5.41) is 19.5. The van der Waals surface area contributed by atoms with Crippen molar-refractivity contribution in [2.45, 2.75) is 31.2 Å². The van der Waals surface area contributed by atoms with Crippen LogP contribution in [0.3, 0.4) is 0 Å². The van der Waals surface area contributed by atoms with Crippen LogP contribution < -0.4 is 5.32 Å². The van der Waals surface area contributed by atoms with Crippen molar-refractivity contribution in [2.75, 3.05) is 6.61 Å². The van der Waals surface area contributed by atoms with Crippen LogP contribution in [0.4, 0.5) is 0 Å². The van der Waals surface area contributed by atoms with Crippen molar-refractivity contribution < 1.29 is 9.90 Å². The number of hydrogen-bond donors (Lipinski definition) is 3. The molecule has 0 aliphatic heterocycles. The molecule has 0 saturated heterocycles. The van der Waals surface area contributed by atoms with Gasteiger partial charge >= 0.3 is 0 Å². The van der Waals surface area contributed by atoms with Gasteiger partial charge in [0.1, 0.15) is 0 Å². The first-order valence-corrected chi connectivity index (χ1v) is 7.28. The summed E-state index contributed by atoms with van der Waals surface area (Å²) in [5.74, 6) is -0.217. The topological polar surface area (TPSA) is 78.0 Å². The molecule has 0 spiro atoms. The predicted octanol–water partition coefficient (Wildman–Crippen LogP) is 1.68. The summed E-state index contributed by atoms with van der Waals surface area (Å²) in [7, 11) is 0. The lowest BCUT2D eigenvalue weighted by atomic mass is 9.86. The predicted molar refractivity (Wildman–Crippen MR) is 78.7 cm³/mol. The van der Waals surface area contributed by atoms with Crippen LogP contribution in [0.25, 0.3) is 0 Å². The maximum atomic E-state index is 12.5. The molecule has 0 radical (unpaired) electrons. The Morgan fingerprint density at radius 1 is 1.43 bits per heavy atom. The second kappa shape index (κ2) is 6.10. The summed E-state index contributed by atoms with van der Waals surface area (Å²) < 4.78 is 0. The largest absolute Gasteiger partial charge is 0.394 e. The molecule has 1 amide bonds. The Kier molecular flexibility index (Phi) is 4.01. The van der Waals surface area contributed by atoms with Crippen LogP contribution in [0.5, 0.6) is 0 Å². The lowest BCUT2D eigenvalue weighted by Gasteiger charge is -2.24. The molecule has 1 heterocycles. The smallest absolute Gasteiger partial charge is 0.228 e. The highest BCUT2D eigenvalue weighted by molar-refractivity contribution is 5.84. The zero-order chi connectivity index (χ0) is 14.7. The van der Waals surface area contributed by atoms with Crippen molar-refractivity contribution in [1.29, 1.82) is 0 Å². The van der Waals surface area contributed by atoms with E-state index in [-0.39, 0.29) is 24.5 Å². The monoisotopic (exact) mass is 285 g/mol. The van der Waals surface area contributed by atoms with Gasteiger partial charge in [0.25, 0.3) is 0 Å². The van der Waals surface area contributed by atoms with Crippen molar-refractivity contribution in [3.63, 3.8) is 0 Å². The summed E-state index contributed by atoms with van der Waals surface area (Å²) in [6.45, 7) is -0.110. The van der Waals surface area contributed by atoms with Crippen LogP contribution in [-0.4, -0.2) is 27.8 Å². The van der Waals surface area contributed by atoms with E-state index in [0.717, 1.165) is 36.1 Å². The number of nitrogens with zero attached hydrogens (tertiary/aromatic N) is 1. The Balaban J connectivity index is 1.75. The Labute approximate surface area is 123 Å². The number of hydrogen-bond acceptors (Lipinski definition) is 3. The minimum absolute atomic E-state index is 0.0414. The zero-order valence-electron chi connectivity index (χ0n) is 11.7. The molecular formula is C16H19N3O2. The third-order valence-electron chi connectivity index (χ3n) is 4.06. The lowest BCUT2D eigenvalue weighted by Crippen LogP contribution is -2.35. The number of rotatable bonds is 4. The van der Waals surface area contributed by atoms with E-state index < -0.39 is 0 Å². The SMILES string of the molecule is O=C(N[C@H](CO)c1ccccc1)C1CCCc2[nH]ncc21. The lowest BCUT2D eigenvalue weighted by molar-refractivity contribution is -0.124. The summed E-state index contributed by atoms with van der Waals surface area (Å²) in [5.41, 5.74) is 2.96. The van der Waals surface area contributed by atoms with E-state index in [4.69, 9.17) is 0 Å². The number of aliphatic hydroxyl groups excluding tert-OH is 1. The van der Waals surface area contributed by atoms with Gasteiger partial charge in [0.2, 0.25) is 5.91 Å². The minimum atomic E-state index is -0.365. The number of nitrogens with one attached hydrogen (secondary N) is 2. The summed E-state index contributed by atoms with van der Waals surface area (Å²) in [4.78, 5) is 12.5. The highest BCUT2D eigenvalue weighted by atomic mass is 16.3. The van der Waals surface area contributed by atoms with Crippen molar-refractivity contribution in [1.82, 2.24) is 15.5 Å². The molecular weight excluding hydrogens is 266 g/mol. The Hall–Kier alpha value is -2.14. The number of benzene rings is 1. The van der Waals surface area contributed by atoms with Gasteiger partial charge in [0, 0.05) is 11.3 Å². The maximum Gasteiger partial charge on any atom is 0.228 e. The van der Waals surface area contributed by atoms with E-state index in [1.54, 1.807) is 6.20 Å². The molecule has 1 unspecified atom stereocenters. The fraction of sp³-hybridized carbons (Fsp3) is 0.375. The number of aliphatic hydroxyl groups is 1. The molecule has 5 heteroatoms. The van der Waals surface area contributed by atoms with Crippen molar-refractivity contribution in [3.05, 3.63) is 53.3 Å². The van der Waals surface area contributed by atoms with Gasteiger partial charge in [-0.1, -0.05) is 30.3 Å². The number of H-pyrrole nitrogens is 1. The molecule has 110 valence electrons. The van der Waals surface area contributed by atoms with Crippen LogP contribution in [0.15, 0.2) is 36.5 Å². The first-order valence-electron chi connectivity index (χ1n) is 7.28. The standard InChI is InChI=1S/C16H19N3O2/c20-10-15(11-5-2-1-3-6-11)18-16(21)12-7-4-8-14-13(12)9-17-19-14/h1-3,5-6,9,12,15,20H,4,7-8,10H2,(H,17,19)(H,18,21)/t12?,15-/m1/s1. The molecule has 3 rings (SSSR count). The average molecular weight is 285 g/mol. The normalized spacial score (nSPS) is 18.8. The molecule has 3 N–H and O–H groups in total. The van der Waals surface area contributed by atoms with Crippen LogP contribution in [0, 0.1) is 0 Å². The maximum absolute atomic E-state index is 12.5. The van der Waals surface area contributed by atoms with Gasteiger partial charge in [0.15, 0.2) is 0 Å². The fourth-order valence-electron chi connectivity index (χ4n) is 2.93. The zero-order valence-corrected chi connectivity index (χ0v) is 11.7. The number of amides is 1. The van der Waals surface area contributed by atoms with Gasteiger partial charge < -0.3 is 10.4 Å². The van der Waals surface area contributed by atoms with E-state index in [1.807, 2.05) is 30.3 Å². The van der Waals surface area contributed by atoms with Crippen LogP contribution >= 0.6 is 0 Å². The molecule has 0 fully saturated rings. The van der Waals surface area contributed by atoms with Gasteiger partial charge in [-0.3, -0.25) is 9.89 Å². The fourth-order valence-corrected chi connectivity index (χ4v) is 2.93.